The number of aromatic carboxylic acids is 1. The van der Waals surface area contributed by atoms with Crippen molar-refractivity contribution in [1.82, 2.24) is 0 Å². The number of halogens is 1. The van der Waals surface area contributed by atoms with Crippen LogP contribution in [0.2, 0.25) is 5.02 Å². The third-order valence-electron chi connectivity index (χ3n) is 5.63. The van der Waals surface area contributed by atoms with E-state index in [4.69, 9.17) is 11.6 Å². The van der Waals surface area contributed by atoms with Gasteiger partial charge in [-0.05, 0) is 68.5 Å². The second-order valence-electron chi connectivity index (χ2n) is 7.92. The standard InChI is InChI=1S/C22H25ClN2O2/c1-13-11-22(3,4)25(5)20-10-18(23)15(9-17(13)20)12-24-19-8-6-7-16(14(19)2)21(26)27/h6-10,12-13H,11H2,1-5H3,(H,26,27). The summed E-state index contributed by atoms with van der Waals surface area (Å²) in [6.07, 6.45) is 2.79. The van der Waals surface area contributed by atoms with E-state index in [1.807, 2.05) is 12.1 Å². The van der Waals surface area contributed by atoms with Gasteiger partial charge in [-0.2, -0.15) is 0 Å². The summed E-state index contributed by atoms with van der Waals surface area (Å²) in [5, 5.41) is 9.91. The van der Waals surface area contributed by atoms with Crippen LogP contribution in [0.3, 0.4) is 0 Å². The highest BCUT2D eigenvalue weighted by molar-refractivity contribution is 6.33. The number of carbonyl (C=O) groups is 1. The third-order valence-corrected chi connectivity index (χ3v) is 5.96. The molecule has 0 amide bonds. The van der Waals surface area contributed by atoms with E-state index in [1.165, 1.54) is 5.56 Å². The molecule has 1 aliphatic rings. The molecule has 2 aromatic rings. The van der Waals surface area contributed by atoms with Gasteiger partial charge < -0.3 is 10.0 Å². The Morgan fingerprint density at radius 1 is 1.37 bits per heavy atom. The third kappa shape index (κ3) is 3.59. The largest absolute Gasteiger partial charge is 0.478 e. The summed E-state index contributed by atoms with van der Waals surface area (Å²) < 4.78 is 0. The smallest absolute Gasteiger partial charge is 0.336 e. The summed E-state index contributed by atoms with van der Waals surface area (Å²) in [5.74, 6) is -0.525. The van der Waals surface area contributed by atoms with Gasteiger partial charge in [0.05, 0.1) is 16.3 Å². The van der Waals surface area contributed by atoms with Crippen molar-refractivity contribution in [2.45, 2.75) is 45.6 Å². The molecule has 0 aliphatic carbocycles. The molecule has 1 atom stereocenters. The fourth-order valence-corrected chi connectivity index (χ4v) is 4.04. The molecule has 0 aromatic heterocycles. The zero-order chi connectivity index (χ0) is 19.9. The number of benzene rings is 2. The van der Waals surface area contributed by atoms with Gasteiger partial charge in [0, 0.05) is 30.1 Å². The first kappa shape index (κ1) is 19.4. The maximum atomic E-state index is 11.3. The number of hydrogen-bond donors (Lipinski definition) is 1. The molecule has 3 rings (SSSR count). The molecule has 4 nitrogen and oxygen atoms in total. The summed E-state index contributed by atoms with van der Waals surface area (Å²) in [4.78, 5) is 18.1. The molecule has 0 saturated carbocycles. The highest BCUT2D eigenvalue weighted by Gasteiger charge is 2.34. The van der Waals surface area contributed by atoms with Crippen LogP contribution in [0.5, 0.6) is 0 Å². The predicted molar refractivity (Wildman–Crippen MR) is 112 cm³/mol. The van der Waals surface area contributed by atoms with Gasteiger partial charge in [-0.3, -0.25) is 4.99 Å². The molecule has 1 N–H and O–H groups in total. The quantitative estimate of drug-likeness (QED) is 0.678. The van der Waals surface area contributed by atoms with Crippen molar-refractivity contribution in [3.8, 4) is 0 Å². The molecule has 2 aromatic carbocycles. The summed E-state index contributed by atoms with van der Waals surface area (Å²) in [7, 11) is 2.11. The molecule has 0 bridgehead atoms. The topological polar surface area (TPSA) is 52.9 Å². The normalized spacial score (nSPS) is 18.6. The Morgan fingerprint density at radius 2 is 2.07 bits per heavy atom. The lowest BCUT2D eigenvalue weighted by Gasteiger charge is -2.45. The molecule has 0 spiro atoms. The van der Waals surface area contributed by atoms with E-state index in [0.29, 0.717) is 22.2 Å². The minimum atomic E-state index is -0.948. The van der Waals surface area contributed by atoms with Crippen LogP contribution in [0.1, 0.15) is 60.2 Å². The maximum absolute atomic E-state index is 11.3. The number of nitrogens with zero attached hydrogens (tertiary/aromatic N) is 2. The Hall–Kier alpha value is -2.33. The minimum absolute atomic E-state index is 0.0831. The van der Waals surface area contributed by atoms with Crippen LogP contribution in [-0.4, -0.2) is 29.9 Å². The van der Waals surface area contributed by atoms with E-state index >= 15 is 0 Å². The Balaban J connectivity index is 2.01. The van der Waals surface area contributed by atoms with Crippen LogP contribution in [0.4, 0.5) is 11.4 Å². The van der Waals surface area contributed by atoms with Gasteiger partial charge >= 0.3 is 5.97 Å². The first-order valence-electron chi connectivity index (χ1n) is 9.06. The van der Waals surface area contributed by atoms with Crippen LogP contribution in [-0.2, 0) is 0 Å². The highest BCUT2D eigenvalue weighted by Crippen LogP contribution is 2.44. The molecule has 142 valence electrons. The van der Waals surface area contributed by atoms with Crippen molar-refractivity contribution in [3.05, 3.63) is 57.6 Å². The number of aliphatic imine (C=N–C) groups is 1. The zero-order valence-corrected chi connectivity index (χ0v) is 17.1. The van der Waals surface area contributed by atoms with Gasteiger partial charge in [-0.15, -0.1) is 0 Å². The summed E-state index contributed by atoms with van der Waals surface area (Å²) in [6.45, 7) is 8.49. The summed E-state index contributed by atoms with van der Waals surface area (Å²) in [5.41, 5.74) is 4.89. The second kappa shape index (κ2) is 7.01. The van der Waals surface area contributed by atoms with Crippen molar-refractivity contribution >= 4 is 35.2 Å². The zero-order valence-electron chi connectivity index (χ0n) is 16.4. The average molecular weight is 385 g/mol. The van der Waals surface area contributed by atoms with E-state index in [9.17, 15) is 9.90 Å². The maximum Gasteiger partial charge on any atom is 0.336 e. The Kier molecular flexibility index (Phi) is 5.04. The van der Waals surface area contributed by atoms with E-state index in [1.54, 1.807) is 25.3 Å². The summed E-state index contributed by atoms with van der Waals surface area (Å²) in [6, 6.07) is 9.21. The van der Waals surface area contributed by atoms with Gasteiger partial charge in [0.2, 0.25) is 0 Å². The van der Waals surface area contributed by atoms with Crippen molar-refractivity contribution in [3.63, 3.8) is 0 Å². The average Bonchev–Trinajstić information content (AvgIpc) is 2.59. The second-order valence-corrected chi connectivity index (χ2v) is 8.33. The lowest BCUT2D eigenvalue weighted by molar-refractivity contribution is 0.0696. The van der Waals surface area contributed by atoms with E-state index in [2.05, 4.69) is 43.8 Å². The Bertz CT molecular complexity index is 934. The van der Waals surface area contributed by atoms with Gasteiger partial charge in [-0.1, -0.05) is 24.6 Å². The highest BCUT2D eigenvalue weighted by atomic mass is 35.5. The molecule has 0 radical (unpaired) electrons. The van der Waals surface area contributed by atoms with Crippen molar-refractivity contribution in [1.29, 1.82) is 0 Å². The van der Waals surface area contributed by atoms with Crippen LogP contribution in [0.15, 0.2) is 35.3 Å². The van der Waals surface area contributed by atoms with Crippen LogP contribution >= 0.6 is 11.6 Å². The molecule has 1 heterocycles. The van der Waals surface area contributed by atoms with Gasteiger partial charge in [0.25, 0.3) is 0 Å². The van der Waals surface area contributed by atoms with E-state index in [0.717, 1.165) is 17.7 Å². The number of anilines is 1. The first-order chi connectivity index (χ1) is 12.6. The molecule has 0 saturated heterocycles. The number of carboxylic acid groups (broad SMARTS) is 1. The Labute approximate surface area is 165 Å². The molecular weight excluding hydrogens is 360 g/mol. The van der Waals surface area contributed by atoms with E-state index < -0.39 is 5.97 Å². The number of carboxylic acids is 1. The first-order valence-corrected chi connectivity index (χ1v) is 9.44. The lowest BCUT2D eigenvalue weighted by Crippen LogP contribution is -2.45. The monoisotopic (exact) mass is 384 g/mol. The fourth-order valence-electron chi connectivity index (χ4n) is 3.84. The number of fused-ring (bicyclic) bond motifs is 1. The van der Waals surface area contributed by atoms with Crippen LogP contribution < -0.4 is 4.90 Å². The van der Waals surface area contributed by atoms with Gasteiger partial charge in [0.1, 0.15) is 0 Å². The number of rotatable bonds is 3. The molecular formula is C22H25ClN2O2. The van der Waals surface area contributed by atoms with Crippen LogP contribution in [0, 0.1) is 6.92 Å². The summed E-state index contributed by atoms with van der Waals surface area (Å²) >= 11 is 6.54. The molecule has 1 unspecified atom stereocenters. The van der Waals surface area contributed by atoms with Gasteiger partial charge in [-0.25, -0.2) is 4.79 Å². The fraction of sp³-hybridized carbons (Fsp3) is 0.364. The van der Waals surface area contributed by atoms with E-state index in [-0.39, 0.29) is 11.1 Å². The van der Waals surface area contributed by atoms with Crippen molar-refractivity contribution < 1.29 is 9.90 Å². The van der Waals surface area contributed by atoms with Crippen molar-refractivity contribution in [2.75, 3.05) is 11.9 Å². The lowest BCUT2D eigenvalue weighted by atomic mass is 9.80. The van der Waals surface area contributed by atoms with Crippen LogP contribution in [0.25, 0.3) is 0 Å². The number of hydrogen-bond acceptors (Lipinski definition) is 3. The predicted octanol–water partition coefficient (Wildman–Crippen LogP) is 5.82. The molecule has 5 heteroatoms. The Morgan fingerprint density at radius 3 is 2.74 bits per heavy atom. The minimum Gasteiger partial charge on any atom is -0.478 e. The molecule has 27 heavy (non-hydrogen) atoms. The molecule has 0 fully saturated rings. The van der Waals surface area contributed by atoms with Crippen molar-refractivity contribution in [2.24, 2.45) is 4.99 Å². The van der Waals surface area contributed by atoms with Gasteiger partial charge in [0.15, 0.2) is 0 Å². The SMILES string of the molecule is Cc1c(N=Cc2cc3c(cc2Cl)N(C)C(C)(C)CC3C)cccc1C(=O)O. The molecule has 1 aliphatic heterocycles.